The Hall–Kier alpha value is -2.29. The van der Waals surface area contributed by atoms with Crippen LogP contribution in [0.5, 0.6) is 0 Å². The molecule has 0 fully saturated rings. The second-order valence-corrected chi connectivity index (χ2v) is 5.20. The quantitative estimate of drug-likeness (QED) is 0.890. The van der Waals surface area contributed by atoms with Crippen molar-refractivity contribution in [2.75, 3.05) is 0 Å². The van der Waals surface area contributed by atoms with Gasteiger partial charge in [0.25, 0.3) is 0 Å². The summed E-state index contributed by atoms with van der Waals surface area (Å²) in [5.74, 6) is 0.00546. The average Bonchev–Trinajstić information content (AvgIpc) is 2.35. The molecular formula is C13H16F3N5O. The number of guanidine groups is 2. The normalized spacial score (nSPS) is 18.0. The average molecular weight is 315 g/mol. The van der Waals surface area contributed by atoms with Gasteiger partial charge in [-0.05, 0) is 31.5 Å². The predicted molar refractivity (Wildman–Crippen MR) is 75.4 cm³/mol. The van der Waals surface area contributed by atoms with Gasteiger partial charge in [-0.1, -0.05) is 12.1 Å². The maximum atomic E-state index is 12.7. The van der Waals surface area contributed by atoms with Gasteiger partial charge in [0.1, 0.15) is 6.61 Å². The molecule has 0 aromatic heterocycles. The van der Waals surface area contributed by atoms with Crippen molar-refractivity contribution in [3.8, 4) is 0 Å². The maximum absolute atomic E-state index is 12.7. The Labute approximate surface area is 125 Å². The summed E-state index contributed by atoms with van der Waals surface area (Å²) in [6, 6.07) is 4.85. The van der Waals surface area contributed by atoms with E-state index in [4.69, 9.17) is 16.3 Å². The van der Waals surface area contributed by atoms with Crippen LogP contribution in [0.25, 0.3) is 0 Å². The molecule has 9 heteroatoms. The summed E-state index contributed by atoms with van der Waals surface area (Å²) >= 11 is 0. The van der Waals surface area contributed by atoms with Gasteiger partial charge >= 0.3 is 6.18 Å². The number of halogens is 3. The van der Waals surface area contributed by atoms with Crippen molar-refractivity contribution in [1.82, 2.24) is 5.06 Å². The molecule has 0 amide bonds. The van der Waals surface area contributed by atoms with Gasteiger partial charge in [-0.3, -0.25) is 4.84 Å². The molecule has 0 aliphatic carbocycles. The topological polar surface area (TPSA) is 89.2 Å². The molecule has 0 bridgehead atoms. The highest BCUT2D eigenvalue weighted by atomic mass is 19.4. The first kappa shape index (κ1) is 16.1. The van der Waals surface area contributed by atoms with Gasteiger partial charge in [-0.2, -0.15) is 23.2 Å². The van der Waals surface area contributed by atoms with Gasteiger partial charge in [-0.15, -0.1) is 0 Å². The largest absolute Gasteiger partial charge is 0.416 e. The summed E-state index contributed by atoms with van der Waals surface area (Å²) in [4.78, 5) is 13.3. The molecule has 22 heavy (non-hydrogen) atoms. The number of nitrogens with zero attached hydrogens (tertiary/aromatic N) is 3. The van der Waals surface area contributed by atoms with Gasteiger partial charge < -0.3 is 11.5 Å². The molecule has 6 nitrogen and oxygen atoms in total. The van der Waals surface area contributed by atoms with E-state index in [0.29, 0.717) is 5.56 Å². The van der Waals surface area contributed by atoms with Crippen LogP contribution in [-0.4, -0.2) is 22.6 Å². The molecule has 1 aromatic carbocycles. The van der Waals surface area contributed by atoms with Crippen LogP contribution in [0, 0.1) is 0 Å². The first-order valence-corrected chi connectivity index (χ1v) is 6.38. The first-order valence-electron chi connectivity index (χ1n) is 6.38. The zero-order valence-corrected chi connectivity index (χ0v) is 12.1. The fourth-order valence-corrected chi connectivity index (χ4v) is 1.99. The standard InChI is InChI=1S/C13H16F3N5O/c1-12(2)20-10(17)19-11(18)21(12)22-7-8-4-3-5-9(6-8)13(14,15)16/h3-6H,7H2,1-2H3,(H4,17,18,19,20). The molecule has 0 spiro atoms. The molecule has 1 aliphatic rings. The van der Waals surface area contributed by atoms with Gasteiger partial charge in [0.15, 0.2) is 5.66 Å². The lowest BCUT2D eigenvalue weighted by atomic mass is 10.1. The molecule has 0 saturated heterocycles. The first-order chi connectivity index (χ1) is 10.1. The van der Waals surface area contributed by atoms with Crippen LogP contribution < -0.4 is 11.5 Å². The van der Waals surface area contributed by atoms with Crippen molar-refractivity contribution in [3.63, 3.8) is 0 Å². The zero-order chi connectivity index (χ0) is 16.5. The number of aliphatic imine (C=N–C) groups is 2. The predicted octanol–water partition coefficient (Wildman–Crippen LogP) is 1.82. The summed E-state index contributed by atoms with van der Waals surface area (Å²) in [5.41, 5.74) is 9.93. The molecule has 2 rings (SSSR count). The number of nitrogens with two attached hydrogens (primary N) is 2. The van der Waals surface area contributed by atoms with Crippen molar-refractivity contribution in [2.45, 2.75) is 32.3 Å². The number of benzene rings is 1. The smallest absolute Gasteiger partial charge is 0.368 e. The fraction of sp³-hybridized carbons (Fsp3) is 0.385. The number of hydroxylamine groups is 2. The summed E-state index contributed by atoms with van der Waals surface area (Å²) in [6.07, 6.45) is -4.40. The number of alkyl halides is 3. The Morgan fingerprint density at radius 3 is 2.55 bits per heavy atom. The van der Waals surface area contributed by atoms with Crippen molar-refractivity contribution in [1.29, 1.82) is 0 Å². The molecule has 4 N–H and O–H groups in total. The molecule has 120 valence electrons. The van der Waals surface area contributed by atoms with Crippen LogP contribution >= 0.6 is 0 Å². The second kappa shape index (κ2) is 5.48. The summed E-state index contributed by atoms with van der Waals surface area (Å²) in [6.45, 7) is 3.26. The Bertz CT molecular complexity index is 624. The van der Waals surface area contributed by atoms with Crippen molar-refractivity contribution < 1.29 is 18.0 Å². The Morgan fingerprint density at radius 2 is 1.95 bits per heavy atom. The monoisotopic (exact) mass is 315 g/mol. The van der Waals surface area contributed by atoms with E-state index in [-0.39, 0.29) is 18.5 Å². The van der Waals surface area contributed by atoms with Crippen LogP contribution in [0.1, 0.15) is 25.0 Å². The molecular weight excluding hydrogens is 299 g/mol. The van der Waals surface area contributed by atoms with Crippen LogP contribution in [0.3, 0.4) is 0 Å². The van der Waals surface area contributed by atoms with E-state index in [1.165, 1.54) is 17.2 Å². The Balaban J connectivity index is 2.12. The number of rotatable bonds is 3. The highest BCUT2D eigenvalue weighted by Crippen LogP contribution is 2.30. The fourth-order valence-electron chi connectivity index (χ4n) is 1.99. The highest BCUT2D eigenvalue weighted by molar-refractivity contribution is 5.95. The molecule has 0 atom stereocenters. The lowest BCUT2D eigenvalue weighted by Crippen LogP contribution is -2.53. The van der Waals surface area contributed by atoms with Gasteiger partial charge in [0.05, 0.1) is 5.56 Å². The molecule has 0 radical (unpaired) electrons. The Kier molecular flexibility index (Phi) is 4.01. The van der Waals surface area contributed by atoms with Crippen LogP contribution in [0.4, 0.5) is 13.2 Å². The van der Waals surface area contributed by atoms with E-state index in [9.17, 15) is 13.2 Å². The van der Waals surface area contributed by atoms with E-state index in [1.807, 2.05) is 0 Å². The number of hydrogen-bond donors (Lipinski definition) is 2. The minimum absolute atomic E-state index is 0.00974. The second-order valence-electron chi connectivity index (χ2n) is 5.20. The summed E-state index contributed by atoms with van der Waals surface area (Å²) in [7, 11) is 0. The van der Waals surface area contributed by atoms with E-state index < -0.39 is 17.4 Å². The molecule has 1 aromatic rings. The van der Waals surface area contributed by atoms with Crippen molar-refractivity contribution >= 4 is 11.9 Å². The van der Waals surface area contributed by atoms with Crippen LogP contribution in [0.15, 0.2) is 34.3 Å². The highest BCUT2D eigenvalue weighted by Gasteiger charge is 2.33. The third-order valence-corrected chi connectivity index (χ3v) is 2.94. The zero-order valence-electron chi connectivity index (χ0n) is 12.1. The van der Waals surface area contributed by atoms with Gasteiger partial charge in [-0.25, -0.2) is 4.99 Å². The maximum Gasteiger partial charge on any atom is 0.416 e. The van der Waals surface area contributed by atoms with E-state index in [0.717, 1.165) is 12.1 Å². The van der Waals surface area contributed by atoms with Crippen LogP contribution in [-0.2, 0) is 17.6 Å². The minimum atomic E-state index is -4.40. The van der Waals surface area contributed by atoms with Gasteiger partial charge in [0, 0.05) is 0 Å². The summed E-state index contributed by atoms with van der Waals surface area (Å²) < 4.78 is 38.0. The number of hydrogen-bond acceptors (Lipinski definition) is 6. The van der Waals surface area contributed by atoms with Crippen molar-refractivity contribution in [3.05, 3.63) is 35.4 Å². The van der Waals surface area contributed by atoms with Crippen LogP contribution in [0.2, 0.25) is 0 Å². The third-order valence-electron chi connectivity index (χ3n) is 2.94. The molecule has 1 heterocycles. The van der Waals surface area contributed by atoms with E-state index in [2.05, 4.69) is 9.98 Å². The SMILES string of the molecule is CC1(C)N=C(N)N=C(N)N1OCc1cccc(C(F)(F)F)c1. The summed E-state index contributed by atoms with van der Waals surface area (Å²) in [5, 5.41) is 1.21. The minimum Gasteiger partial charge on any atom is -0.368 e. The lowest BCUT2D eigenvalue weighted by molar-refractivity contribution is -0.167. The van der Waals surface area contributed by atoms with E-state index >= 15 is 0 Å². The molecule has 0 unspecified atom stereocenters. The Morgan fingerprint density at radius 1 is 1.27 bits per heavy atom. The van der Waals surface area contributed by atoms with Gasteiger partial charge in [0.2, 0.25) is 11.9 Å². The van der Waals surface area contributed by atoms with Crippen molar-refractivity contribution in [2.24, 2.45) is 21.5 Å². The van der Waals surface area contributed by atoms with E-state index in [1.54, 1.807) is 13.8 Å². The molecule has 0 saturated carbocycles. The lowest BCUT2D eigenvalue weighted by Gasteiger charge is -2.36. The molecule has 1 aliphatic heterocycles. The third kappa shape index (κ3) is 3.48.